The second-order valence-corrected chi connectivity index (χ2v) is 10.8. The Hall–Kier alpha value is -4.24. The van der Waals surface area contributed by atoms with Crippen LogP contribution in [0.2, 0.25) is 0 Å². The number of nitrogens with zero attached hydrogens (tertiary/aromatic N) is 1. The zero-order chi connectivity index (χ0) is 26.7. The standard InChI is InChI=1S/C29H28N2O6S/c1-20-10-15-27-25(18-20)31(38(33,34)23-13-11-22(35-2)12-14-23)19-28(37-27)29(32)30-16-17-36-26-9-5-7-21-6-3-4-8-24(21)26/h3-15,18,28H,16-17,19H2,1-2H3,(H,30,32)/t28-/m1/s1. The van der Waals surface area contributed by atoms with E-state index in [0.717, 1.165) is 22.1 Å². The van der Waals surface area contributed by atoms with Gasteiger partial charge in [0.25, 0.3) is 15.9 Å². The highest BCUT2D eigenvalue weighted by Crippen LogP contribution is 2.38. The summed E-state index contributed by atoms with van der Waals surface area (Å²) >= 11 is 0. The zero-order valence-corrected chi connectivity index (χ0v) is 21.9. The van der Waals surface area contributed by atoms with E-state index >= 15 is 0 Å². The number of benzene rings is 4. The van der Waals surface area contributed by atoms with Gasteiger partial charge in [0.15, 0.2) is 6.10 Å². The van der Waals surface area contributed by atoms with Crippen LogP contribution in [0.4, 0.5) is 5.69 Å². The van der Waals surface area contributed by atoms with Crippen molar-refractivity contribution >= 4 is 32.4 Å². The molecule has 0 aliphatic carbocycles. The molecule has 5 rings (SSSR count). The number of hydrogen-bond donors (Lipinski definition) is 1. The topological polar surface area (TPSA) is 94.2 Å². The first-order valence-electron chi connectivity index (χ1n) is 12.2. The Kier molecular flexibility index (Phi) is 7.11. The van der Waals surface area contributed by atoms with Crippen LogP contribution < -0.4 is 23.8 Å². The molecule has 4 aromatic rings. The maximum absolute atomic E-state index is 13.6. The minimum Gasteiger partial charge on any atom is -0.497 e. The molecule has 0 aromatic heterocycles. The number of amides is 1. The lowest BCUT2D eigenvalue weighted by atomic mass is 10.1. The van der Waals surface area contributed by atoms with Gasteiger partial charge in [-0.05, 0) is 60.3 Å². The van der Waals surface area contributed by atoms with E-state index in [9.17, 15) is 13.2 Å². The lowest BCUT2D eigenvalue weighted by Gasteiger charge is -2.35. The maximum Gasteiger partial charge on any atom is 0.264 e. The van der Waals surface area contributed by atoms with Gasteiger partial charge in [-0.15, -0.1) is 0 Å². The van der Waals surface area contributed by atoms with Crippen molar-refractivity contribution in [2.45, 2.75) is 17.9 Å². The van der Waals surface area contributed by atoms with Gasteiger partial charge in [-0.3, -0.25) is 9.10 Å². The number of rotatable bonds is 8. The van der Waals surface area contributed by atoms with Gasteiger partial charge in [0.2, 0.25) is 0 Å². The molecule has 196 valence electrons. The van der Waals surface area contributed by atoms with Gasteiger partial charge in [0.1, 0.15) is 23.9 Å². The van der Waals surface area contributed by atoms with E-state index in [0.29, 0.717) is 17.2 Å². The van der Waals surface area contributed by atoms with E-state index in [1.54, 1.807) is 24.3 Å². The van der Waals surface area contributed by atoms with Crippen LogP contribution >= 0.6 is 0 Å². The second-order valence-electron chi connectivity index (χ2n) is 8.91. The van der Waals surface area contributed by atoms with Crippen LogP contribution in [0.1, 0.15) is 5.56 Å². The fourth-order valence-corrected chi connectivity index (χ4v) is 5.84. The molecule has 1 N–H and O–H groups in total. The lowest BCUT2D eigenvalue weighted by Crippen LogP contribution is -2.51. The quantitative estimate of drug-likeness (QED) is 0.340. The van der Waals surface area contributed by atoms with Crippen molar-refractivity contribution in [1.29, 1.82) is 0 Å². The van der Waals surface area contributed by atoms with Gasteiger partial charge < -0.3 is 19.5 Å². The number of aryl methyl sites for hydroxylation is 1. The van der Waals surface area contributed by atoms with E-state index in [4.69, 9.17) is 14.2 Å². The first kappa shape index (κ1) is 25.4. The minimum absolute atomic E-state index is 0.0929. The Morgan fingerprint density at radius 2 is 1.79 bits per heavy atom. The number of anilines is 1. The average molecular weight is 533 g/mol. The SMILES string of the molecule is COc1ccc(S(=O)(=O)N2C[C@H](C(=O)NCCOc3cccc4ccccc34)Oc3ccc(C)cc32)cc1. The van der Waals surface area contributed by atoms with Crippen LogP contribution in [0.25, 0.3) is 10.8 Å². The molecule has 38 heavy (non-hydrogen) atoms. The number of sulfonamides is 1. The van der Waals surface area contributed by atoms with Crippen LogP contribution in [0.3, 0.4) is 0 Å². The van der Waals surface area contributed by atoms with Gasteiger partial charge in [0.05, 0.1) is 30.8 Å². The molecule has 1 aliphatic rings. The molecule has 9 heteroatoms. The highest BCUT2D eigenvalue weighted by Gasteiger charge is 2.37. The monoisotopic (exact) mass is 532 g/mol. The molecule has 8 nitrogen and oxygen atoms in total. The molecule has 0 saturated carbocycles. The third-order valence-electron chi connectivity index (χ3n) is 6.33. The molecule has 0 radical (unpaired) electrons. The number of methoxy groups -OCH3 is 1. The Balaban J connectivity index is 1.30. The van der Waals surface area contributed by atoms with Gasteiger partial charge in [-0.25, -0.2) is 8.42 Å². The molecule has 4 aromatic carbocycles. The molecule has 1 atom stereocenters. The number of nitrogens with one attached hydrogen (secondary N) is 1. The molecule has 1 amide bonds. The van der Waals surface area contributed by atoms with Crippen molar-refractivity contribution in [3.05, 3.63) is 90.5 Å². The number of fused-ring (bicyclic) bond motifs is 2. The number of ether oxygens (including phenoxy) is 3. The molecule has 0 bridgehead atoms. The second kappa shape index (κ2) is 10.6. The smallest absolute Gasteiger partial charge is 0.264 e. The summed E-state index contributed by atoms with van der Waals surface area (Å²) in [6.07, 6.45) is -1.03. The minimum atomic E-state index is -3.97. The van der Waals surface area contributed by atoms with Crippen LogP contribution in [0, 0.1) is 6.92 Å². The van der Waals surface area contributed by atoms with Crippen molar-refractivity contribution in [3.8, 4) is 17.2 Å². The summed E-state index contributed by atoms with van der Waals surface area (Å²) in [6.45, 7) is 2.18. The van der Waals surface area contributed by atoms with Crippen LogP contribution in [-0.4, -0.2) is 47.2 Å². The molecule has 0 unspecified atom stereocenters. The van der Waals surface area contributed by atoms with Crippen LogP contribution in [0.5, 0.6) is 17.2 Å². The summed E-state index contributed by atoms with van der Waals surface area (Å²) in [6, 6.07) is 25.1. The first-order chi connectivity index (χ1) is 18.4. The van der Waals surface area contributed by atoms with E-state index in [-0.39, 0.29) is 24.6 Å². The lowest BCUT2D eigenvalue weighted by molar-refractivity contribution is -0.127. The van der Waals surface area contributed by atoms with E-state index in [2.05, 4.69) is 5.32 Å². The largest absolute Gasteiger partial charge is 0.497 e. The Labute approximate surface area is 221 Å². The van der Waals surface area contributed by atoms with Gasteiger partial charge in [-0.2, -0.15) is 0 Å². The molecule has 1 aliphatic heterocycles. The van der Waals surface area contributed by atoms with Gasteiger partial charge in [0, 0.05) is 5.39 Å². The summed E-state index contributed by atoms with van der Waals surface area (Å²) in [5.41, 5.74) is 1.26. The number of carbonyl (C=O) groups is 1. The highest BCUT2D eigenvalue weighted by molar-refractivity contribution is 7.92. The van der Waals surface area contributed by atoms with Crippen LogP contribution in [-0.2, 0) is 14.8 Å². The number of carbonyl (C=O) groups excluding carboxylic acids is 1. The van der Waals surface area contributed by atoms with Crippen molar-refractivity contribution in [1.82, 2.24) is 5.32 Å². The Bertz CT molecular complexity index is 1560. The molecule has 0 saturated heterocycles. The predicted molar refractivity (Wildman–Crippen MR) is 146 cm³/mol. The van der Waals surface area contributed by atoms with Crippen LogP contribution in [0.15, 0.2) is 89.8 Å². The summed E-state index contributed by atoms with van der Waals surface area (Å²) in [7, 11) is -2.46. The van der Waals surface area contributed by atoms with Gasteiger partial charge in [-0.1, -0.05) is 42.5 Å². The van der Waals surface area contributed by atoms with E-state index in [1.165, 1.54) is 23.5 Å². The van der Waals surface area contributed by atoms with Gasteiger partial charge >= 0.3 is 0 Å². The summed E-state index contributed by atoms with van der Waals surface area (Å²) in [4.78, 5) is 13.2. The van der Waals surface area contributed by atoms with E-state index < -0.39 is 22.0 Å². The van der Waals surface area contributed by atoms with Crippen molar-refractivity contribution < 1.29 is 27.4 Å². The third kappa shape index (κ3) is 5.10. The Morgan fingerprint density at radius 1 is 1.03 bits per heavy atom. The fourth-order valence-electron chi connectivity index (χ4n) is 4.37. The Morgan fingerprint density at radius 3 is 2.58 bits per heavy atom. The molecule has 0 spiro atoms. The molecular weight excluding hydrogens is 504 g/mol. The van der Waals surface area contributed by atoms with E-state index in [1.807, 2.05) is 55.5 Å². The zero-order valence-electron chi connectivity index (χ0n) is 21.1. The van der Waals surface area contributed by atoms with Crippen molar-refractivity contribution in [2.75, 3.05) is 31.1 Å². The molecule has 1 heterocycles. The van der Waals surface area contributed by atoms with Crippen molar-refractivity contribution in [3.63, 3.8) is 0 Å². The summed E-state index contributed by atoms with van der Waals surface area (Å²) in [5, 5.41) is 4.87. The third-order valence-corrected chi connectivity index (χ3v) is 8.13. The normalized spacial score (nSPS) is 14.9. The fraction of sp³-hybridized carbons (Fsp3) is 0.207. The number of hydrogen-bond acceptors (Lipinski definition) is 6. The molecular formula is C29H28N2O6S. The summed E-state index contributed by atoms with van der Waals surface area (Å²) in [5.74, 6) is 1.18. The summed E-state index contributed by atoms with van der Waals surface area (Å²) < 4.78 is 45.5. The average Bonchev–Trinajstić information content (AvgIpc) is 2.94. The predicted octanol–water partition coefficient (Wildman–Crippen LogP) is 4.31. The van der Waals surface area contributed by atoms with Crippen molar-refractivity contribution in [2.24, 2.45) is 0 Å². The maximum atomic E-state index is 13.6. The molecule has 0 fully saturated rings. The highest BCUT2D eigenvalue weighted by atomic mass is 32.2. The first-order valence-corrected chi connectivity index (χ1v) is 13.6.